The lowest BCUT2D eigenvalue weighted by molar-refractivity contribution is 0.0674. The molecule has 1 saturated heterocycles. The molecule has 0 aliphatic carbocycles. The zero-order chi connectivity index (χ0) is 14.5. The minimum atomic E-state index is -0.242. The lowest BCUT2D eigenvalue weighted by atomic mass is 10.0. The van der Waals surface area contributed by atoms with E-state index in [1.165, 1.54) is 24.0 Å². The monoisotopic (exact) mass is 289 g/mol. The Morgan fingerprint density at radius 1 is 1.00 bits per heavy atom. The van der Waals surface area contributed by atoms with Gasteiger partial charge in [0.1, 0.15) is 0 Å². The van der Waals surface area contributed by atoms with Crippen molar-refractivity contribution in [2.75, 3.05) is 45.8 Å². The SMILES string of the molecule is OC(CN1CCNCC1)CN1CCCc2ccccc2C1. The van der Waals surface area contributed by atoms with Crippen molar-refractivity contribution in [2.24, 2.45) is 0 Å². The Morgan fingerprint density at radius 3 is 2.52 bits per heavy atom. The normalized spacial score (nSPS) is 22.5. The molecule has 1 atom stereocenters. The number of fused-ring (bicyclic) bond motifs is 1. The number of hydrogen-bond acceptors (Lipinski definition) is 4. The molecule has 1 aromatic carbocycles. The van der Waals surface area contributed by atoms with Gasteiger partial charge in [0.25, 0.3) is 0 Å². The third-order valence-electron chi connectivity index (χ3n) is 4.58. The van der Waals surface area contributed by atoms with Gasteiger partial charge < -0.3 is 10.4 Å². The van der Waals surface area contributed by atoms with E-state index in [0.717, 1.165) is 52.4 Å². The number of rotatable bonds is 4. The Morgan fingerprint density at radius 2 is 1.71 bits per heavy atom. The molecule has 0 aromatic heterocycles. The first kappa shape index (κ1) is 15.0. The van der Waals surface area contributed by atoms with E-state index in [4.69, 9.17) is 0 Å². The van der Waals surface area contributed by atoms with Crippen molar-refractivity contribution in [3.63, 3.8) is 0 Å². The van der Waals surface area contributed by atoms with E-state index in [1.807, 2.05) is 0 Å². The number of hydrogen-bond donors (Lipinski definition) is 2. The molecule has 0 spiro atoms. The summed E-state index contributed by atoms with van der Waals surface area (Å²) in [5.74, 6) is 0. The Kier molecular flexibility index (Phi) is 5.25. The summed E-state index contributed by atoms with van der Waals surface area (Å²) in [6, 6.07) is 8.74. The third-order valence-corrected chi connectivity index (χ3v) is 4.58. The molecule has 4 nitrogen and oxygen atoms in total. The van der Waals surface area contributed by atoms with Crippen LogP contribution in [0.3, 0.4) is 0 Å². The highest BCUT2D eigenvalue weighted by Gasteiger charge is 2.19. The van der Waals surface area contributed by atoms with Crippen LogP contribution in [0.2, 0.25) is 0 Å². The summed E-state index contributed by atoms with van der Waals surface area (Å²) in [6.07, 6.45) is 2.12. The number of aliphatic hydroxyl groups excluding tert-OH is 1. The van der Waals surface area contributed by atoms with Crippen LogP contribution in [0.1, 0.15) is 17.5 Å². The highest BCUT2D eigenvalue weighted by molar-refractivity contribution is 5.28. The lowest BCUT2D eigenvalue weighted by Gasteiger charge is -2.31. The van der Waals surface area contributed by atoms with Crippen LogP contribution in [0, 0.1) is 0 Å². The number of nitrogens with zero attached hydrogens (tertiary/aromatic N) is 2. The lowest BCUT2D eigenvalue weighted by Crippen LogP contribution is -2.48. The summed E-state index contributed by atoms with van der Waals surface area (Å²) in [5.41, 5.74) is 2.92. The van der Waals surface area contributed by atoms with Crippen LogP contribution in [-0.4, -0.2) is 66.8 Å². The Hall–Kier alpha value is -0.940. The molecule has 21 heavy (non-hydrogen) atoms. The summed E-state index contributed by atoms with van der Waals surface area (Å²) in [4.78, 5) is 4.78. The molecule has 1 fully saturated rings. The molecule has 0 radical (unpaired) electrons. The van der Waals surface area contributed by atoms with E-state index in [-0.39, 0.29) is 6.10 Å². The number of nitrogens with one attached hydrogen (secondary N) is 1. The van der Waals surface area contributed by atoms with Gasteiger partial charge in [0.15, 0.2) is 0 Å². The van der Waals surface area contributed by atoms with E-state index >= 15 is 0 Å². The maximum absolute atomic E-state index is 10.4. The predicted molar refractivity (Wildman–Crippen MR) is 85.4 cm³/mol. The number of piperazine rings is 1. The van der Waals surface area contributed by atoms with E-state index in [9.17, 15) is 5.11 Å². The minimum Gasteiger partial charge on any atom is -0.390 e. The molecule has 0 amide bonds. The van der Waals surface area contributed by atoms with E-state index in [1.54, 1.807) is 0 Å². The van der Waals surface area contributed by atoms with Gasteiger partial charge in [-0.2, -0.15) is 0 Å². The summed E-state index contributed by atoms with van der Waals surface area (Å²) < 4.78 is 0. The second kappa shape index (κ2) is 7.36. The maximum Gasteiger partial charge on any atom is 0.0793 e. The van der Waals surface area contributed by atoms with Gasteiger partial charge in [-0.15, -0.1) is 0 Å². The van der Waals surface area contributed by atoms with Crippen LogP contribution in [-0.2, 0) is 13.0 Å². The first-order chi connectivity index (χ1) is 10.3. The van der Waals surface area contributed by atoms with Crippen molar-refractivity contribution < 1.29 is 5.11 Å². The molecule has 1 unspecified atom stereocenters. The molecule has 4 heteroatoms. The van der Waals surface area contributed by atoms with Crippen molar-refractivity contribution in [3.05, 3.63) is 35.4 Å². The number of aliphatic hydroxyl groups is 1. The van der Waals surface area contributed by atoms with Gasteiger partial charge in [-0.05, 0) is 30.5 Å². The highest BCUT2D eigenvalue weighted by Crippen LogP contribution is 2.18. The third kappa shape index (κ3) is 4.27. The number of aryl methyl sites for hydroxylation is 1. The molecular formula is C17H27N3O. The fourth-order valence-electron chi connectivity index (χ4n) is 3.47. The second-order valence-electron chi connectivity index (χ2n) is 6.31. The zero-order valence-corrected chi connectivity index (χ0v) is 12.8. The first-order valence-corrected chi connectivity index (χ1v) is 8.21. The summed E-state index contributed by atoms with van der Waals surface area (Å²) in [5, 5.41) is 13.7. The summed E-state index contributed by atoms with van der Waals surface area (Å²) in [6.45, 7) is 7.87. The maximum atomic E-state index is 10.4. The van der Waals surface area contributed by atoms with Gasteiger partial charge in [0.2, 0.25) is 0 Å². The molecular weight excluding hydrogens is 262 g/mol. The van der Waals surface area contributed by atoms with E-state index < -0.39 is 0 Å². The molecule has 2 aliphatic heterocycles. The van der Waals surface area contributed by atoms with Crippen LogP contribution in [0.15, 0.2) is 24.3 Å². The van der Waals surface area contributed by atoms with Crippen LogP contribution >= 0.6 is 0 Å². The Bertz CT molecular complexity index is 445. The fraction of sp³-hybridized carbons (Fsp3) is 0.647. The molecule has 1 aromatic rings. The van der Waals surface area contributed by atoms with Crippen LogP contribution in [0.5, 0.6) is 0 Å². The highest BCUT2D eigenvalue weighted by atomic mass is 16.3. The van der Waals surface area contributed by atoms with Gasteiger partial charge in [0.05, 0.1) is 6.10 Å². The van der Waals surface area contributed by atoms with Gasteiger partial charge in [-0.25, -0.2) is 0 Å². The quantitative estimate of drug-likeness (QED) is 0.856. The second-order valence-corrected chi connectivity index (χ2v) is 6.31. The van der Waals surface area contributed by atoms with Crippen molar-refractivity contribution in [1.82, 2.24) is 15.1 Å². The molecule has 3 rings (SSSR count). The smallest absolute Gasteiger partial charge is 0.0793 e. The number of β-amino-alcohol motifs (C(OH)–C–C–N with tert-alkyl or cyclic N) is 1. The van der Waals surface area contributed by atoms with E-state index in [2.05, 4.69) is 39.4 Å². The van der Waals surface area contributed by atoms with Gasteiger partial charge in [-0.3, -0.25) is 9.80 Å². The molecule has 2 N–H and O–H groups in total. The zero-order valence-electron chi connectivity index (χ0n) is 12.8. The Balaban J connectivity index is 1.52. The van der Waals surface area contributed by atoms with Crippen molar-refractivity contribution in [3.8, 4) is 0 Å². The first-order valence-electron chi connectivity index (χ1n) is 8.21. The minimum absolute atomic E-state index is 0.242. The average molecular weight is 289 g/mol. The van der Waals surface area contributed by atoms with Crippen molar-refractivity contribution in [2.45, 2.75) is 25.5 Å². The molecule has 2 heterocycles. The Labute approximate surface area is 127 Å². The van der Waals surface area contributed by atoms with Crippen molar-refractivity contribution in [1.29, 1.82) is 0 Å². The van der Waals surface area contributed by atoms with Crippen LogP contribution < -0.4 is 5.32 Å². The summed E-state index contributed by atoms with van der Waals surface area (Å²) in [7, 11) is 0. The standard InChI is InChI=1S/C17H27N3O/c21-17(13-19-10-7-18-8-11-19)14-20-9-3-6-15-4-1-2-5-16(15)12-20/h1-2,4-5,17-18,21H,3,6-14H2. The van der Waals surface area contributed by atoms with Crippen LogP contribution in [0.4, 0.5) is 0 Å². The average Bonchev–Trinajstić information content (AvgIpc) is 2.69. The molecule has 0 bridgehead atoms. The van der Waals surface area contributed by atoms with Crippen LogP contribution in [0.25, 0.3) is 0 Å². The molecule has 0 saturated carbocycles. The van der Waals surface area contributed by atoms with Crippen molar-refractivity contribution >= 4 is 0 Å². The number of benzene rings is 1. The van der Waals surface area contributed by atoms with E-state index in [0.29, 0.717) is 0 Å². The van der Waals surface area contributed by atoms with Gasteiger partial charge >= 0.3 is 0 Å². The molecule has 2 aliphatic rings. The molecule has 116 valence electrons. The van der Waals surface area contributed by atoms with Gasteiger partial charge in [-0.1, -0.05) is 24.3 Å². The summed E-state index contributed by atoms with van der Waals surface area (Å²) >= 11 is 0. The topological polar surface area (TPSA) is 38.7 Å². The predicted octanol–water partition coefficient (Wildman–Crippen LogP) is 0.701. The fourth-order valence-corrected chi connectivity index (χ4v) is 3.47. The van der Waals surface area contributed by atoms with Gasteiger partial charge in [0, 0.05) is 45.8 Å². The largest absolute Gasteiger partial charge is 0.390 e.